The van der Waals surface area contributed by atoms with Crippen LogP contribution in [-0.4, -0.2) is 26.5 Å². The summed E-state index contributed by atoms with van der Waals surface area (Å²) in [6, 6.07) is 6.40. The predicted molar refractivity (Wildman–Crippen MR) is 130 cm³/mol. The lowest BCUT2D eigenvalue weighted by Gasteiger charge is -2.29. The van der Waals surface area contributed by atoms with Gasteiger partial charge in [-0.15, -0.1) is 0 Å². The second-order valence-corrected chi connectivity index (χ2v) is 9.31. The quantitative estimate of drug-likeness (QED) is 0.327. The standard InChI is InChI=1S/C25H20F5N5OS/c1-24(2)22(36)34(20-12-17(25(28,29)30)15(13-31)10-19(20)27)23(37)35(24)16-7-6-14(18(26)11-16)4-3-5-21-32-8-9-33-21/h6-12H,3-5H2,1-2H3,(H,32,33). The van der Waals surface area contributed by atoms with Crippen LogP contribution >= 0.6 is 12.2 Å². The molecule has 2 heterocycles. The van der Waals surface area contributed by atoms with Gasteiger partial charge < -0.3 is 9.88 Å². The summed E-state index contributed by atoms with van der Waals surface area (Å²) in [5.74, 6) is -1.80. The van der Waals surface area contributed by atoms with Crippen molar-refractivity contribution in [3.05, 3.63) is 76.9 Å². The predicted octanol–water partition coefficient (Wildman–Crippen LogP) is 5.67. The van der Waals surface area contributed by atoms with Gasteiger partial charge in [0, 0.05) is 24.5 Å². The van der Waals surface area contributed by atoms with Gasteiger partial charge in [-0.3, -0.25) is 9.69 Å². The van der Waals surface area contributed by atoms with Crippen molar-refractivity contribution in [3.63, 3.8) is 0 Å². The first-order chi connectivity index (χ1) is 17.4. The third-order valence-corrected chi connectivity index (χ3v) is 6.50. The van der Waals surface area contributed by atoms with Crippen LogP contribution in [0.2, 0.25) is 0 Å². The summed E-state index contributed by atoms with van der Waals surface area (Å²) in [7, 11) is 0. The Labute approximate surface area is 214 Å². The molecule has 6 nitrogen and oxygen atoms in total. The Bertz CT molecular complexity index is 1410. The average molecular weight is 534 g/mol. The summed E-state index contributed by atoms with van der Waals surface area (Å²) in [4.78, 5) is 22.3. The number of imidazole rings is 1. The van der Waals surface area contributed by atoms with Gasteiger partial charge in [-0.1, -0.05) is 6.07 Å². The van der Waals surface area contributed by atoms with Gasteiger partial charge in [-0.05, 0) is 68.7 Å². The molecule has 0 unspecified atom stereocenters. The number of aromatic nitrogens is 2. The highest BCUT2D eigenvalue weighted by Gasteiger charge is 2.51. The zero-order chi connectivity index (χ0) is 27.1. The van der Waals surface area contributed by atoms with E-state index in [1.165, 1.54) is 30.9 Å². The third-order valence-electron chi connectivity index (χ3n) is 6.13. The number of benzene rings is 2. The van der Waals surface area contributed by atoms with E-state index in [0.717, 1.165) is 5.82 Å². The number of thiocarbonyl (C=S) groups is 1. The zero-order valence-electron chi connectivity index (χ0n) is 19.7. The second-order valence-electron chi connectivity index (χ2n) is 8.94. The van der Waals surface area contributed by atoms with Gasteiger partial charge in [0.15, 0.2) is 5.11 Å². The van der Waals surface area contributed by atoms with Crippen molar-refractivity contribution >= 4 is 34.6 Å². The van der Waals surface area contributed by atoms with Gasteiger partial charge in [0.1, 0.15) is 23.0 Å². The van der Waals surface area contributed by atoms with E-state index in [4.69, 9.17) is 17.5 Å². The molecule has 0 spiro atoms. The number of anilines is 2. The lowest BCUT2D eigenvalue weighted by molar-refractivity contribution is -0.137. The molecule has 1 fully saturated rings. The second kappa shape index (κ2) is 9.55. The molecule has 12 heteroatoms. The summed E-state index contributed by atoms with van der Waals surface area (Å²) >= 11 is 5.39. The number of hydrogen-bond acceptors (Lipinski definition) is 4. The summed E-state index contributed by atoms with van der Waals surface area (Å²) in [6.07, 6.45) is 0.0266. The van der Waals surface area contributed by atoms with Crippen molar-refractivity contribution in [1.82, 2.24) is 9.97 Å². The van der Waals surface area contributed by atoms with E-state index in [1.54, 1.807) is 24.5 Å². The van der Waals surface area contributed by atoms with Crippen LogP contribution < -0.4 is 9.80 Å². The Morgan fingerprint density at radius 2 is 1.86 bits per heavy atom. The number of halogens is 5. The molecule has 1 aromatic heterocycles. The summed E-state index contributed by atoms with van der Waals surface area (Å²) in [5.41, 5.74) is -3.93. The third kappa shape index (κ3) is 4.79. The largest absolute Gasteiger partial charge is 0.417 e. The number of aromatic amines is 1. The summed E-state index contributed by atoms with van der Waals surface area (Å²) in [5, 5.41) is 8.70. The first-order valence-electron chi connectivity index (χ1n) is 11.1. The normalized spacial score (nSPS) is 15.4. The van der Waals surface area contributed by atoms with E-state index in [-0.39, 0.29) is 10.8 Å². The highest BCUT2D eigenvalue weighted by atomic mass is 32.1. The van der Waals surface area contributed by atoms with Crippen molar-refractivity contribution in [2.24, 2.45) is 0 Å². The molecule has 1 aliphatic rings. The minimum atomic E-state index is -4.97. The fourth-order valence-corrected chi connectivity index (χ4v) is 4.77. The molecular formula is C25H20F5N5OS. The number of amides is 1. The van der Waals surface area contributed by atoms with Crippen molar-refractivity contribution < 1.29 is 26.7 Å². The van der Waals surface area contributed by atoms with Crippen LogP contribution in [-0.2, 0) is 23.8 Å². The molecule has 0 atom stereocenters. The van der Waals surface area contributed by atoms with Gasteiger partial charge in [-0.2, -0.15) is 18.4 Å². The molecule has 2 aromatic carbocycles. The Balaban J connectivity index is 1.66. The van der Waals surface area contributed by atoms with Crippen LogP contribution in [0.4, 0.5) is 33.3 Å². The molecule has 0 aliphatic carbocycles. The van der Waals surface area contributed by atoms with E-state index < -0.39 is 46.1 Å². The van der Waals surface area contributed by atoms with Crippen molar-refractivity contribution in [3.8, 4) is 6.07 Å². The van der Waals surface area contributed by atoms with Crippen LogP contribution in [0.3, 0.4) is 0 Å². The number of H-pyrrole nitrogens is 1. The molecule has 0 bridgehead atoms. The van der Waals surface area contributed by atoms with Gasteiger partial charge in [0.25, 0.3) is 5.91 Å². The Hall–Kier alpha value is -3.85. The summed E-state index contributed by atoms with van der Waals surface area (Å²) < 4.78 is 70.4. The molecule has 0 radical (unpaired) electrons. The van der Waals surface area contributed by atoms with Crippen molar-refractivity contribution in [2.45, 2.75) is 44.8 Å². The fourth-order valence-electron chi connectivity index (χ4n) is 4.26. The number of rotatable bonds is 6. The van der Waals surface area contributed by atoms with Gasteiger partial charge >= 0.3 is 6.18 Å². The number of nitrogens with one attached hydrogen (secondary N) is 1. The zero-order valence-corrected chi connectivity index (χ0v) is 20.5. The van der Waals surface area contributed by atoms with E-state index >= 15 is 0 Å². The number of hydrogen-bond donors (Lipinski definition) is 1. The maximum atomic E-state index is 15.0. The fraction of sp³-hybridized carbons (Fsp3) is 0.280. The highest BCUT2D eigenvalue weighted by Crippen LogP contribution is 2.41. The number of aryl methyl sites for hydroxylation is 2. The molecule has 4 rings (SSSR count). The lowest BCUT2D eigenvalue weighted by Crippen LogP contribution is -2.44. The Morgan fingerprint density at radius 1 is 1.14 bits per heavy atom. The van der Waals surface area contributed by atoms with Gasteiger partial charge in [-0.25, -0.2) is 13.8 Å². The highest BCUT2D eigenvalue weighted by molar-refractivity contribution is 7.81. The van der Waals surface area contributed by atoms with E-state index in [9.17, 15) is 26.7 Å². The number of carbonyl (C=O) groups excluding carboxylic acids is 1. The van der Waals surface area contributed by atoms with Crippen LogP contribution in [0.1, 0.15) is 42.8 Å². The monoisotopic (exact) mass is 533 g/mol. The van der Waals surface area contributed by atoms with E-state index in [1.807, 2.05) is 0 Å². The van der Waals surface area contributed by atoms with E-state index in [0.29, 0.717) is 41.9 Å². The number of carbonyl (C=O) groups is 1. The minimum absolute atomic E-state index is 0.184. The molecule has 37 heavy (non-hydrogen) atoms. The molecule has 0 saturated carbocycles. The molecule has 1 saturated heterocycles. The number of nitriles is 1. The molecule has 3 aromatic rings. The number of nitrogens with zero attached hydrogens (tertiary/aromatic N) is 4. The SMILES string of the molecule is CC1(C)C(=O)N(c2cc(C(F)(F)F)c(C#N)cc2F)C(=S)N1c1ccc(CCCc2ncc[nH]2)c(F)c1. The maximum absolute atomic E-state index is 15.0. The van der Waals surface area contributed by atoms with Crippen molar-refractivity contribution in [1.29, 1.82) is 5.26 Å². The van der Waals surface area contributed by atoms with Crippen LogP contribution in [0.15, 0.2) is 42.7 Å². The summed E-state index contributed by atoms with van der Waals surface area (Å²) in [6.45, 7) is 2.89. The Morgan fingerprint density at radius 3 is 2.46 bits per heavy atom. The molecule has 1 amide bonds. The van der Waals surface area contributed by atoms with Gasteiger partial charge in [0.05, 0.1) is 22.9 Å². The molecular weight excluding hydrogens is 513 g/mol. The molecule has 192 valence electrons. The van der Waals surface area contributed by atoms with Crippen molar-refractivity contribution in [2.75, 3.05) is 9.80 Å². The van der Waals surface area contributed by atoms with E-state index in [2.05, 4.69) is 9.97 Å². The van der Waals surface area contributed by atoms with Gasteiger partial charge in [0.2, 0.25) is 0 Å². The smallest absolute Gasteiger partial charge is 0.349 e. The first-order valence-corrected chi connectivity index (χ1v) is 11.5. The maximum Gasteiger partial charge on any atom is 0.417 e. The first kappa shape index (κ1) is 26.2. The lowest BCUT2D eigenvalue weighted by atomic mass is 10.0. The topological polar surface area (TPSA) is 76.0 Å². The average Bonchev–Trinajstić information content (AvgIpc) is 3.39. The number of alkyl halides is 3. The molecule has 1 N–H and O–H groups in total. The van der Waals surface area contributed by atoms with Crippen LogP contribution in [0.5, 0.6) is 0 Å². The van der Waals surface area contributed by atoms with Crippen LogP contribution in [0, 0.1) is 23.0 Å². The Kier molecular flexibility index (Phi) is 6.77. The minimum Gasteiger partial charge on any atom is -0.349 e. The van der Waals surface area contributed by atoms with Crippen LogP contribution in [0.25, 0.3) is 0 Å². The molecule has 1 aliphatic heterocycles.